The van der Waals surface area contributed by atoms with Crippen LogP contribution in [0.1, 0.15) is 13.8 Å². The monoisotopic (exact) mass is 236 g/mol. The largest absolute Gasteiger partial charge is 0.494 e. The first-order valence-electron chi connectivity index (χ1n) is 5.39. The molecule has 0 aliphatic carbocycles. The van der Waals surface area contributed by atoms with Crippen molar-refractivity contribution in [3.63, 3.8) is 0 Å². The van der Waals surface area contributed by atoms with Gasteiger partial charge in [-0.2, -0.15) is 0 Å². The minimum atomic E-state index is -0.934. The zero-order chi connectivity index (χ0) is 12.7. The SMILES string of the molecule is CCOc1cccc(OCC=C(C)C(=O)O)c1. The topological polar surface area (TPSA) is 55.8 Å². The van der Waals surface area contributed by atoms with Gasteiger partial charge in [0.15, 0.2) is 0 Å². The Morgan fingerprint density at radius 1 is 1.35 bits per heavy atom. The standard InChI is InChI=1S/C13H16O4/c1-3-16-11-5-4-6-12(9-11)17-8-7-10(2)13(14)15/h4-7,9H,3,8H2,1-2H3,(H,14,15). The van der Waals surface area contributed by atoms with E-state index in [9.17, 15) is 4.79 Å². The highest BCUT2D eigenvalue weighted by Crippen LogP contribution is 2.19. The molecule has 1 N–H and O–H groups in total. The van der Waals surface area contributed by atoms with Gasteiger partial charge in [0.1, 0.15) is 18.1 Å². The number of hydrogen-bond acceptors (Lipinski definition) is 3. The molecule has 0 fully saturated rings. The van der Waals surface area contributed by atoms with Gasteiger partial charge >= 0.3 is 5.97 Å². The Labute approximate surface area is 100 Å². The minimum absolute atomic E-state index is 0.230. The number of ether oxygens (including phenoxy) is 2. The van der Waals surface area contributed by atoms with Crippen LogP contribution in [-0.4, -0.2) is 24.3 Å². The second-order valence-corrected chi connectivity index (χ2v) is 3.41. The Morgan fingerprint density at radius 2 is 2.00 bits per heavy atom. The summed E-state index contributed by atoms with van der Waals surface area (Å²) in [5, 5.41) is 8.65. The van der Waals surface area contributed by atoms with Crippen LogP contribution in [0.5, 0.6) is 11.5 Å². The van der Waals surface area contributed by atoms with Gasteiger partial charge in [0.05, 0.1) is 6.61 Å². The van der Waals surface area contributed by atoms with Crippen LogP contribution < -0.4 is 9.47 Å². The summed E-state index contributed by atoms with van der Waals surface area (Å²) in [5.41, 5.74) is 0.269. The van der Waals surface area contributed by atoms with Crippen molar-refractivity contribution in [3.05, 3.63) is 35.9 Å². The van der Waals surface area contributed by atoms with Crippen molar-refractivity contribution in [2.24, 2.45) is 0 Å². The zero-order valence-electron chi connectivity index (χ0n) is 9.97. The van der Waals surface area contributed by atoms with Crippen molar-refractivity contribution in [3.8, 4) is 11.5 Å². The van der Waals surface area contributed by atoms with Crippen LogP contribution in [0.3, 0.4) is 0 Å². The third kappa shape index (κ3) is 4.59. The van der Waals surface area contributed by atoms with Gasteiger partial charge < -0.3 is 14.6 Å². The van der Waals surface area contributed by atoms with Gasteiger partial charge in [-0.05, 0) is 32.1 Å². The molecule has 0 spiro atoms. The van der Waals surface area contributed by atoms with Crippen LogP contribution in [0.15, 0.2) is 35.9 Å². The van der Waals surface area contributed by atoms with Crippen molar-refractivity contribution in [2.45, 2.75) is 13.8 Å². The van der Waals surface area contributed by atoms with Gasteiger partial charge in [0, 0.05) is 11.6 Å². The normalized spacial score (nSPS) is 11.1. The summed E-state index contributed by atoms with van der Waals surface area (Å²) in [4.78, 5) is 10.5. The number of aliphatic carboxylic acids is 1. The van der Waals surface area contributed by atoms with E-state index in [1.165, 1.54) is 13.0 Å². The van der Waals surface area contributed by atoms with Crippen molar-refractivity contribution >= 4 is 5.97 Å². The number of hydrogen-bond donors (Lipinski definition) is 1. The highest BCUT2D eigenvalue weighted by Gasteiger charge is 1.99. The fraction of sp³-hybridized carbons (Fsp3) is 0.308. The first kappa shape index (κ1) is 13.1. The average molecular weight is 236 g/mol. The molecule has 0 amide bonds. The first-order valence-corrected chi connectivity index (χ1v) is 5.39. The van der Waals surface area contributed by atoms with Gasteiger partial charge in [-0.15, -0.1) is 0 Å². The highest BCUT2D eigenvalue weighted by molar-refractivity contribution is 5.85. The van der Waals surface area contributed by atoms with Crippen molar-refractivity contribution in [1.29, 1.82) is 0 Å². The molecule has 4 heteroatoms. The summed E-state index contributed by atoms with van der Waals surface area (Å²) in [6, 6.07) is 7.24. The van der Waals surface area contributed by atoms with Crippen LogP contribution in [-0.2, 0) is 4.79 Å². The molecule has 0 heterocycles. The van der Waals surface area contributed by atoms with E-state index < -0.39 is 5.97 Å². The van der Waals surface area contributed by atoms with Crippen molar-refractivity contribution in [2.75, 3.05) is 13.2 Å². The second kappa shape index (κ2) is 6.58. The fourth-order valence-electron chi connectivity index (χ4n) is 1.17. The van der Waals surface area contributed by atoms with E-state index in [1.54, 1.807) is 12.1 Å². The molecule has 0 saturated carbocycles. The van der Waals surface area contributed by atoms with E-state index in [1.807, 2.05) is 19.1 Å². The van der Waals surface area contributed by atoms with Crippen LogP contribution in [0.2, 0.25) is 0 Å². The Kier molecular flexibility index (Phi) is 5.07. The predicted molar refractivity (Wildman–Crippen MR) is 64.5 cm³/mol. The molecule has 0 aliphatic rings. The van der Waals surface area contributed by atoms with E-state index >= 15 is 0 Å². The summed E-state index contributed by atoms with van der Waals surface area (Å²) >= 11 is 0. The van der Waals surface area contributed by atoms with E-state index in [2.05, 4.69) is 0 Å². The Bertz CT molecular complexity index is 410. The molecule has 0 radical (unpaired) electrons. The molecular formula is C13H16O4. The summed E-state index contributed by atoms with van der Waals surface area (Å²) in [6.07, 6.45) is 1.52. The van der Waals surface area contributed by atoms with Crippen molar-refractivity contribution in [1.82, 2.24) is 0 Å². The molecule has 1 aromatic carbocycles. The summed E-state index contributed by atoms with van der Waals surface area (Å²) < 4.78 is 10.7. The van der Waals surface area contributed by atoms with E-state index in [0.717, 1.165) is 5.75 Å². The molecule has 0 bridgehead atoms. The maximum Gasteiger partial charge on any atom is 0.331 e. The fourth-order valence-corrected chi connectivity index (χ4v) is 1.17. The molecule has 0 aromatic heterocycles. The first-order chi connectivity index (χ1) is 8.13. The number of carboxylic acids is 1. The molecule has 17 heavy (non-hydrogen) atoms. The van der Waals surface area contributed by atoms with Crippen LogP contribution in [0, 0.1) is 0 Å². The molecule has 0 aliphatic heterocycles. The maximum atomic E-state index is 10.5. The van der Waals surface area contributed by atoms with Gasteiger partial charge in [0.25, 0.3) is 0 Å². The molecule has 92 valence electrons. The lowest BCUT2D eigenvalue weighted by Gasteiger charge is -2.06. The predicted octanol–water partition coefficient (Wildman–Crippen LogP) is 2.50. The Balaban J connectivity index is 2.54. The second-order valence-electron chi connectivity index (χ2n) is 3.41. The number of carboxylic acid groups (broad SMARTS) is 1. The number of rotatable bonds is 6. The smallest absolute Gasteiger partial charge is 0.331 e. The van der Waals surface area contributed by atoms with E-state index in [0.29, 0.717) is 12.4 Å². The molecule has 1 aromatic rings. The lowest BCUT2D eigenvalue weighted by Crippen LogP contribution is -2.01. The lowest BCUT2D eigenvalue weighted by molar-refractivity contribution is -0.132. The third-order valence-corrected chi connectivity index (χ3v) is 2.09. The third-order valence-electron chi connectivity index (χ3n) is 2.09. The summed E-state index contributed by atoms with van der Waals surface area (Å²) in [5.74, 6) is 0.464. The van der Waals surface area contributed by atoms with Crippen LogP contribution in [0.25, 0.3) is 0 Å². The highest BCUT2D eigenvalue weighted by atomic mass is 16.5. The van der Waals surface area contributed by atoms with Crippen LogP contribution in [0.4, 0.5) is 0 Å². The quantitative estimate of drug-likeness (QED) is 0.771. The van der Waals surface area contributed by atoms with Gasteiger partial charge in [-0.3, -0.25) is 0 Å². The average Bonchev–Trinajstić information content (AvgIpc) is 2.29. The summed E-state index contributed by atoms with van der Waals surface area (Å²) in [6.45, 7) is 4.27. The molecule has 1 rings (SSSR count). The van der Waals surface area contributed by atoms with Crippen LogP contribution >= 0.6 is 0 Å². The summed E-state index contributed by atoms with van der Waals surface area (Å²) in [7, 11) is 0. The molecular weight excluding hydrogens is 220 g/mol. The minimum Gasteiger partial charge on any atom is -0.494 e. The number of carbonyl (C=O) groups is 1. The van der Waals surface area contributed by atoms with Gasteiger partial charge in [-0.1, -0.05) is 6.07 Å². The molecule has 4 nitrogen and oxygen atoms in total. The Morgan fingerprint density at radius 3 is 2.59 bits per heavy atom. The number of benzene rings is 1. The zero-order valence-corrected chi connectivity index (χ0v) is 9.97. The molecule has 0 atom stereocenters. The van der Waals surface area contributed by atoms with Gasteiger partial charge in [0.2, 0.25) is 0 Å². The molecule has 0 unspecified atom stereocenters. The lowest BCUT2D eigenvalue weighted by atomic mass is 10.3. The van der Waals surface area contributed by atoms with E-state index in [4.69, 9.17) is 14.6 Å². The van der Waals surface area contributed by atoms with Crippen molar-refractivity contribution < 1.29 is 19.4 Å². The van der Waals surface area contributed by atoms with E-state index in [-0.39, 0.29) is 12.2 Å². The van der Waals surface area contributed by atoms with Gasteiger partial charge in [-0.25, -0.2) is 4.79 Å². The Hall–Kier alpha value is -1.97. The maximum absolute atomic E-state index is 10.5. The molecule has 0 saturated heterocycles.